The average molecular weight is 252 g/mol. The number of terminal acetylenes is 1. The lowest BCUT2D eigenvalue weighted by molar-refractivity contribution is 0.250. The van der Waals surface area contributed by atoms with Crippen LogP contribution in [0.25, 0.3) is 0 Å². The maximum Gasteiger partial charge on any atom is 0.320 e. The molecule has 1 rings (SSSR count). The van der Waals surface area contributed by atoms with E-state index in [-0.39, 0.29) is 5.69 Å². The van der Waals surface area contributed by atoms with Gasteiger partial charge in [-0.05, 0) is 18.6 Å². The molecule has 0 aliphatic rings. The van der Waals surface area contributed by atoms with E-state index in [4.69, 9.17) is 6.42 Å². The molecule has 0 aromatic heterocycles. The highest BCUT2D eigenvalue weighted by molar-refractivity contribution is 5.89. The molecule has 0 aliphatic heterocycles. The van der Waals surface area contributed by atoms with Crippen molar-refractivity contribution in [1.82, 2.24) is 5.32 Å². The van der Waals surface area contributed by atoms with Crippen LogP contribution in [0.4, 0.5) is 19.3 Å². The molecule has 96 valence electrons. The standard InChI is InChI=1S/C13H14F2N2O/c1-3-5-10(4-2)16-13(18)17-12-7-6-9(14)8-11(12)15/h2,6-8,10H,3,5H2,1H3,(H2,16,17,18). The van der Waals surface area contributed by atoms with Gasteiger partial charge in [-0.2, -0.15) is 0 Å². The maximum atomic E-state index is 13.3. The van der Waals surface area contributed by atoms with Crippen LogP contribution in [-0.2, 0) is 0 Å². The summed E-state index contributed by atoms with van der Waals surface area (Å²) in [6.07, 6.45) is 6.69. The van der Waals surface area contributed by atoms with Crippen molar-refractivity contribution in [2.45, 2.75) is 25.8 Å². The van der Waals surface area contributed by atoms with Gasteiger partial charge in [0.1, 0.15) is 11.6 Å². The molecular formula is C13H14F2N2O. The molecule has 0 bridgehead atoms. The summed E-state index contributed by atoms with van der Waals surface area (Å²) >= 11 is 0. The van der Waals surface area contributed by atoms with Crippen molar-refractivity contribution in [3.05, 3.63) is 29.8 Å². The van der Waals surface area contributed by atoms with Crippen LogP contribution in [0.2, 0.25) is 0 Å². The van der Waals surface area contributed by atoms with E-state index in [1.54, 1.807) is 0 Å². The van der Waals surface area contributed by atoms with E-state index in [0.717, 1.165) is 18.6 Å². The molecule has 0 spiro atoms. The average Bonchev–Trinajstić information content (AvgIpc) is 2.32. The largest absolute Gasteiger partial charge is 0.324 e. The molecule has 0 fully saturated rings. The lowest BCUT2D eigenvalue weighted by atomic mass is 10.2. The van der Waals surface area contributed by atoms with Crippen LogP contribution in [0.5, 0.6) is 0 Å². The predicted molar refractivity (Wildman–Crippen MR) is 66.0 cm³/mol. The minimum absolute atomic E-state index is 0.0961. The Morgan fingerprint density at radius 1 is 1.50 bits per heavy atom. The van der Waals surface area contributed by atoms with Crippen molar-refractivity contribution >= 4 is 11.7 Å². The normalized spacial score (nSPS) is 11.4. The van der Waals surface area contributed by atoms with Gasteiger partial charge in [0.25, 0.3) is 0 Å². The molecule has 0 heterocycles. The summed E-state index contributed by atoms with van der Waals surface area (Å²) in [4.78, 5) is 11.5. The van der Waals surface area contributed by atoms with Crippen LogP contribution < -0.4 is 10.6 Å². The predicted octanol–water partition coefficient (Wildman–Crippen LogP) is 2.89. The summed E-state index contributed by atoms with van der Waals surface area (Å²) in [5, 5.41) is 4.78. The van der Waals surface area contributed by atoms with Crippen LogP contribution in [-0.4, -0.2) is 12.1 Å². The van der Waals surface area contributed by atoms with Crippen LogP contribution >= 0.6 is 0 Å². The lowest BCUT2D eigenvalue weighted by Crippen LogP contribution is -2.37. The zero-order valence-corrected chi connectivity index (χ0v) is 9.97. The van der Waals surface area contributed by atoms with Gasteiger partial charge in [-0.15, -0.1) is 6.42 Å². The quantitative estimate of drug-likeness (QED) is 0.795. The summed E-state index contributed by atoms with van der Waals surface area (Å²) < 4.78 is 25.9. The third kappa shape index (κ3) is 4.06. The first-order valence-electron chi connectivity index (χ1n) is 5.55. The van der Waals surface area contributed by atoms with Crippen LogP contribution in [0, 0.1) is 24.0 Å². The second-order valence-corrected chi connectivity index (χ2v) is 3.73. The van der Waals surface area contributed by atoms with E-state index < -0.39 is 23.7 Å². The van der Waals surface area contributed by atoms with Crippen LogP contribution in [0.3, 0.4) is 0 Å². The van der Waals surface area contributed by atoms with Crippen LogP contribution in [0.15, 0.2) is 18.2 Å². The first-order chi connectivity index (χ1) is 8.56. The van der Waals surface area contributed by atoms with Crippen LogP contribution in [0.1, 0.15) is 19.8 Å². The van der Waals surface area contributed by atoms with Gasteiger partial charge in [0.15, 0.2) is 0 Å². The molecule has 0 radical (unpaired) electrons. The van der Waals surface area contributed by atoms with Gasteiger partial charge in [0.05, 0.1) is 11.7 Å². The Morgan fingerprint density at radius 2 is 2.22 bits per heavy atom. The van der Waals surface area contributed by atoms with E-state index in [1.807, 2.05) is 6.92 Å². The van der Waals surface area contributed by atoms with Crippen molar-refractivity contribution in [2.75, 3.05) is 5.32 Å². The number of halogens is 2. The number of carbonyl (C=O) groups is 1. The monoisotopic (exact) mass is 252 g/mol. The molecule has 1 aromatic carbocycles. The minimum atomic E-state index is -0.835. The van der Waals surface area contributed by atoms with Crippen molar-refractivity contribution < 1.29 is 13.6 Å². The SMILES string of the molecule is C#CC(CCC)NC(=O)Nc1ccc(F)cc1F. The van der Waals surface area contributed by atoms with E-state index in [2.05, 4.69) is 16.6 Å². The fourth-order valence-electron chi connectivity index (χ4n) is 1.39. The zero-order valence-electron chi connectivity index (χ0n) is 9.97. The first-order valence-corrected chi connectivity index (χ1v) is 5.55. The van der Waals surface area contributed by atoms with Crippen molar-refractivity contribution in [2.24, 2.45) is 0 Å². The summed E-state index contributed by atoms with van der Waals surface area (Å²) in [7, 11) is 0. The molecule has 1 unspecified atom stereocenters. The molecule has 1 aromatic rings. The van der Waals surface area contributed by atoms with E-state index in [9.17, 15) is 13.6 Å². The van der Waals surface area contributed by atoms with Gasteiger partial charge in [0, 0.05) is 6.07 Å². The zero-order chi connectivity index (χ0) is 13.5. The summed E-state index contributed by atoms with van der Waals surface area (Å²) in [6.45, 7) is 1.93. The molecular weight excluding hydrogens is 238 g/mol. The number of anilines is 1. The fraction of sp³-hybridized carbons (Fsp3) is 0.308. The highest BCUT2D eigenvalue weighted by Crippen LogP contribution is 2.14. The number of rotatable bonds is 4. The molecule has 5 heteroatoms. The Bertz CT molecular complexity index is 469. The van der Waals surface area contributed by atoms with E-state index in [1.165, 1.54) is 0 Å². The molecule has 0 saturated carbocycles. The van der Waals surface area contributed by atoms with E-state index in [0.29, 0.717) is 12.5 Å². The van der Waals surface area contributed by atoms with Crippen molar-refractivity contribution in [1.29, 1.82) is 0 Å². The molecule has 0 saturated heterocycles. The highest BCUT2D eigenvalue weighted by Gasteiger charge is 2.11. The Labute approximate surface area is 105 Å². The molecule has 3 nitrogen and oxygen atoms in total. The summed E-state index contributed by atoms with van der Waals surface area (Å²) in [5.41, 5.74) is -0.0961. The Morgan fingerprint density at radius 3 is 2.78 bits per heavy atom. The maximum absolute atomic E-state index is 13.3. The number of carbonyl (C=O) groups excluding carboxylic acids is 1. The number of urea groups is 1. The highest BCUT2D eigenvalue weighted by atomic mass is 19.1. The number of benzene rings is 1. The van der Waals surface area contributed by atoms with Crippen molar-refractivity contribution in [3.8, 4) is 12.3 Å². The van der Waals surface area contributed by atoms with Gasteiger partial charge in [0.2, 0.25) is 0 Å². The van der Waals surface area contributed by atoms with Gasteiger partial charge in [-0.1, -0.05) is 19.3 Å². The number of hydrogen-bond acceptors (Lipinski definition) is 1. The van der Waals surface area contributed by atoms with Gasteiger partial charge in [-0.3, -0.25) is 0 Å². The summed E-state index contributed by atoms with van der Waals surface area (Å²) in [6, 6.07) is 1.88. The third-order valence-electron chi connectivity index (χ3n) is 2.26. The number of amides is 2. The van der Waals surface area contributed by atoms with E-state index >= 15 is 0 Å². The number of hydrogen-bond donors (Lipinski definition) is 2. The molecule has 18 heavy (non-hydrogen) atoms. The topological polar surface area (TPSA) is 41.1 Å². The molecule has 0 aliphatic carbocycles. The van der Waals surface area contributed by atoms with Gasteiger partial charge < -0.3 is 10.6 Å². The first kappa shape index (κ1) is 14.0. The molecule has 2 N–H and O–H groups in total. The summed E-state index contributed by atoms with van der Waals surface area (Å²) in [5.74, 6) is 0.880. The smallest absolute Gasteiger partial charge is 0.320 e. The van der Waals surface area contributed by atoms with Gasteiger partial charge >= 0.3 is 6.03 Å². The third-order valence-corrected chi connectivity index (χ3v) is 2.26. The van der Waals surface area contributed by atoms with Crippen molar-refractivity contribution in [3.63, 3.8) is 0 Å². The second-order valence-electron chi connectivity index (χ2n) is 3.73. The molecule has 2 amide bonds. The Hall–Kier alpha value is -2.09. The Kier molecular flexibility index (Phi) is 5.12. The number of nitrogens with one attached hydrogen (secondary N) is 2. The fourth-order valence-corrected chi connectivity index (χ4v) is 1.39. The second kappa shape index (κ2) is 6.60. The molecule has 1 atom stereocenters. The minimum Gasteiger partial charge on any atom is -0.324 e. The van der Waals surface area contributed by atoms with Gasteiger partial charge in [-0.25, -0.2) is 13.6 Å². The Balaban J connectivity index is 2.62. The lowest BCUT2D eigenvalue weighted by Gasteiger charge is -2.13.